The maximum Gasteiger partial charge on any atom is 0.417 e. The third kappa shape index (κ3) is 5.03. The number of carbonyl (C=O) groups is 1. The predicted molar refractivity (Wildman–Crippen MR) is 101 cm³/mol. The van der Waals surface area contributed by atoms with Crippen LogP contribution in [0.25, 0.3) is 0 Å². The van der Waals surface area contributed by atoms with Gasteiger partial charge in [0.05, 0.1) is 17.0 Å². The molecule has 0 fully saturated rings. The fraction of sp³-hybridized carbons (Fsp3) is 0.278. The molecule has 0 spiro atoms. The van der Waals surface area contributed by atoms with Gasteiger partial charge in [0.15, 0.2) is 0 Å². The second-order valence-electron chi connectivity index (χ2n) is 5.96. The molecule has 0 radical (unpaired) electrons. The van der Waals surface area contributed by atoms with Crippen LogP contribution in [0, 0.1) is 0 Å². The van der Waals surface area contributed by atoms with Crippen molar-refractivity contribution in [3.05, 3.63) is 58.6 Å². The van der Waals surface area contributed by atoms with Gasteiger partial charge in [0.2, 0.25) is 15.9 Å². The van der Waals surface area contributed by atoms with Crippen LogP contribution >= 0.6 is 11.6 Å². The molecule has 5 nitrogen and oxygen atoms in total. The lowest BCUT2D eigenvalue weighted by molar-refractivity contribution is -0.139. The highest BCUT2D eigenvalue weighted by atomic mass is 35.5. The molecule has 0 atom stereocenters. The Morgan fingerprint density at radius 3 is 2.43 bits per heavy atom. The molecule has 2 aromatic rings. The number of amides is 1. The number of halogens is 4. The largest absolute Gasteiger partial charge is 0.417 e. The van der Waals surface area contributed by atoms with Crippen molar-refractivity contribution in [3.8, 4) is 0 Å². The lowest BCUT2D eigenvalue weighted by atomic mass is 10.1. The average Bonchev–Trinajstić information content (AvgIpc) is 2.61. The zero-order valence-electron chi connectivity index (χ0n) is 15.0. The first-order valence-electron chi connectivity index (χ1n) is 8.17. The Bertz CT molecular complexity index is 978. The molecule has 0 aliphatic carbocycles. The number of aryl methyl sites for hydroxylation is 1. The average molecular weight is 435 g/mol. The number of sulfonamides is 1. The van der Waals surface area contributed by atoms with Crippen LogP contribution in [0.15, 0.2) is 47.4 Å². The smallest absolute Gasteiger partial charge is 0.325 e. The van der Waals surface area contributed by atoms with Crippen LogP contribution in [-0.2, 0) is 27.4 Å². The summed E-state index contributed by atoms with van der Waals surface area (Å²) in [7, 11) is -3.54. The third-order valence-corrected chi connectivity index (χ3v) is 6.07. The fourth-order valence-electron chi connectivity index (χ4n) is 2.54. The van der Waals surface area contributed by atoms with Crippen LogP contribution in [0.2, 0.25) is 5.02 Å². The number of alkyl halides is 3. The molecule has 2 aromatic carbocycles. The van der Waals surface area contributed by atoms with Crippen LogP contribution in [0.1, 0.15) is 18.1 Å². The van der Waals surface area contributed by atoms with Crippen LogP contribution in [0.4, 0.5) is 18.9 Å². The molecule has 0 saturated heterocycles. The van der Waals surface area contributed by atoms with Gasteiger partial charge in [-0.15, -0.1) is 0 Å². The van der Waals surface area contributed by atoms with E-state index < -0.39 is 39.1 Å². The van der Waals surface area contributed by atoms with Crippen molar-refractivity contribution in [3.63, 3.8) is 0 Å². The molecule has 0 heterocycles. The Morgan fingerprint density at radius 1 is 1.18 bits per heavy atom. The van der Waals surface area contributed by atoms with Gasteiger partial charge in [-0.3, -0.25) is 4.79 Å². The summed E-state index contributed by atoms with van der Waals surface area (Å²) in [6.07, 6.45) is -4.28. The molecule has 0 bridgehead atoms. The van der Waals surface area contributed by atoms with Crippen molar-refractivity contribution in [1.82, 2.24) is 4.31 Å². The Labute approximate surface area is 166 Å². The number of benzene rings is 2. The molecule has 0 aliphatic rings. The minimum atomic E-state index is -4.92. The van der Waals surface area contributed by atoms with Gasteiger partial charge < -0.3 is 5.32 Å². The first-order chi connectivity index (χ1) is 13.0. The van der Waals surface area contributed by atoms with E-state index in [1.165, 1.54) is 0 Å². The van der Waals surface area contributed by atoms with Crippen LogP contribution in [0.3, 0.4) is 0 Å². The van der Waals surface area contributed by atoms with Gasteiger partial charge in [-0.1, -0.05) is 36.7 Å². The first-order valence-corrected chi connectivity index (χ1v) is 9.99. The molecule has 10 heteroatoms. The van der Waals surface area contributed by atoms with E-state index in [2.05, 4.69) is 5.32 Å². The van der Waals surface area contributed by atoms with E-state index in [1.54, 1.807) is 24.3 Å². The second-order valence-corrected chi connectivity index (χ2v) is 8.41. The summed E-state index contributed by atoms with van der Waals surface area (Å²) in [6, 6.07) is 9.34. The SMILES string of the molecule is CCc1ccccc1NC(=O)CN(C)S(=O)(=O)c1ccc(Cl)cc1C(F)(F)F. The Morgan fingerprint density at radius 2 is 1.82 bits per heavy atom. The Hall–Kier alpha value is -2.10. The monoisotopic (exact) mass is 434 g/mol. The molecule has 1 amide bonds. The second kappa shape index (κ2) is 8.50. The number of nitrogens with one attached hydrogen (secondary N) is 1. The zero-order chi connectivity index (χ0) is 21.1. The highest BCUT2D eigenvalue weighted by Gasteiger charge is 2.39. The lowest BCUT2D eigenvalue weighted by Gasteiger charge is -2.20. The van der Waals surface area contributed by atoms with E-state index >= 15 is 0 Å². The summed E-state index contributed by atoms with van der Waals surface area (Å²) in [4.78, 5) is 11.3. The van der Waals surface area contributed by atoms with Crippen molar-refractivity contribution >= 4 is 33.2 Å². The number of likely N-dealkylation sites (N-methyl/N-ethyl adjacent to an activating group) is 1. The van der Waals surface area contributed by atoms with E-state index in [4.69, 9.17) is 11.6 Å². The molecule has 2 rings (SSSR count). The van der Waals surface area contributed by atoms with Gasteiger partial charge >= 0.3 is 6.18 Å². The lowest BCUT2D eigenvalue weighted by Crippen LogP contribution is -2.36. The number of nitrogens with zero attached hydrogens (tertiary/aromatic N) is 1. The summed E-state index contributed by atoms with van der Waals surface area (Å²) in [5.41, 5.74) is -0.0229. The van der Waals surface area contributed by atoms with E-state index in [0.29, 0.717) is 22.5 Å². The number of carbonyl (C=O) groups excluding carboxylic acids is 1. The first kappa shape index (κ1) is 22.2. The number of rotatable bonds is 6. The van der Waals surface area contributed by atoms with Gasteiger partial charge in [-0.05, 0) is 36.2 Å². The van der Waals surface area contributed by atoms with Crippen LogP contribution in [-0.4, -0.2) is 32.2 Å². The molecular weight excluding hydrogens is 417 g/mol. The van der Waals surface area contributed by atoms with E-state index in [9.17, 15) is 26.4 Å². The Kier molecular flexibility index (Phi) is 6.74. The standard InChI is InChI=1S/C18H18ClF3N2O3S/c1-3-12-6-4-5-7-15(12)23-17(25)11-24(2)28(26,27)16-9-8-13(19)10-14(16)18(20,21)22/h4-10H,3,11H2,1-2H3,(H,23,25). The maximum absolute atomic E-state index is 13.2. The number of para-hydroxylation sites is 1. The summed E-state index contributed by atoms with van der Waals surface area (Å²) >= 11 is 5.58. The summed E-state index contributed by atoms with van der Waals surface area (Å²) in [5.74, 6) is -0.672. The van der Waals surface area contributed by atoms with Gasteiger partial charge in [0.25, 0.3) is 0 Å². The van der Waals surface area contributed by atoms with Gasteiger partial charge in [0, 0.05) is 17.8 Å². The highest BCUT2D eigenvalue weighted by molar-refractivity contribution is 7.89. The van der Waals surface area contributed by atoms with Crippen molar-refractivity contribution < 1.29 is 26.4 Å². The normalized spacial score (nSPS) is 12.2. The molecule has 0 aromatic heterocycles. The van der Waals surface area contributed by atoms with Gasteiger partial charge in [-0.2, -0.15) is 17.5 Å². The third-order valence-electron chi connectivity index (χ3n) is 3.97. The van der Waals surface area contributed by atoms with E-state index in [-0.39, 0.29) is 5.02 Å². The molecule has 28 heavy (non-hydrogen) atoms. The minimum absolute atomic E-state index is 0.247. The number of hydrogen-bond donors (Lipinski definition) is 1. The van der Waals surface area contributed by atoms with Gasteiger partial charge in [-0.25, -0.2) is 8.42 Å². The molecule has 152 valence electrons. The van der Waals surface area contributed by atoms with Crippen molar-refractivity contribution in [2.45, 2.75) is 24.4 Å². The van der Waals surface area contributed by atoms with Crippen molar-refractivity contribution in [1.29, 1.82) is 0 Å². The minimum Gasteiger partial charge on any atom is -0.325 e. The highest BCUT2D eigenvalue weighted by Crippen LogP contribution is 2.36. The fourth-order valence-corrected chi connectivity index (χ4v) is 4.03. The summed E-state index contributed by atoms with van der Waals surface area (Å²) in [5, 5.41) is 2.33. The quantitative estimate of drug-likeness (QED) is 0.741. The molecule has 1 N–H and O–H groups in total. The van der Waals surface area contributed by atoms with Crippen molar-refractivity contribution in [2.75, 3.05) is 18.9 Å². The summed E-state index contributed by atoms with van der Waals surface area (Å²) < 4.78 is 65.5. The molecule has 0 unspecified atom stereocenters. The number of anilines is 1. The predicted octanol–water partition coefficient (Wildman–Crippen LogP) is 4.18. The zero-order valence-corrected chi connectivity index (χ0v) is 16.6. The van der Waals surface area contributed by atoms with Crippen LogP contribution in [0.5, 0.6) is 0 Å². The molecule has 0 aliphatic heterocycles. The van der Waals surface area contributed by atoms with E-state index in [1.807, 2.05) is 6.92 Å². The molecule has 0 saturated carbocycles. The topological polar surface area (TPSA) is 66.5 Å². The molecular formula is C18H18ClF3N2O3S. The maximum atomic E-state index is 13.2. The van der Waals surface area contributed by atoms with Crippen molar-refractivity contribution in [2.24, 2.45) is 0 Å². The van der Waals surface area contributed by atoms with Crippen LogP contribution < -0.4 is 5.32 Å². The van der Waals surface area contributed by atoms with Gasteiger partial charge in [0.1, 0.15) is 0 Å². The number of hydrogen-bond acceptors (Lipinski definition) is 3. The Balaban J connectivity index is 2.26. The van der Waals surface area contributed by atoms with E-state index in [0.717, 1.165) is 24.7 Å². The summed E-state index contributed by atoms with van der Waals surface area (Å²) in [6.45, 7) is 1.24.